The Morgan fingerprint density at radius 2 is 1.86 bits per heavy atom. The zero-order valence-corrected chi connectivity index (χ0v) is 17.3. The standard InChI is InChI=1S/C20H21FN2O3S2/c1-13-6-7-14(2)19-18(13)22-20(27-19)26-16-8-10-23(11-9-16)28(24,25)17-5-3-4-15(21)12-17/h3-7,12,16H,8-11H2,1-2H3. The van der Waals surface area contributed by atoms with Crippen molar-refractivity contribution in [1.82, 2.24) is 9.29 Å². The number of piperidine rings is 1. The number of nitrogens with zero attached hydrogens (tertiary/aromatic N) is 2. The minimum Gasteiger partial charge on any atom is -0.467 e. The van der Waals surface area contributed by atoms with Crippen LogP contribution in [0.25, 0.3) is 10.2 Å². The number of aryl methyl sites for hydroxylation is 2. The highest BCUT2D eigenvalue weighted by atomic mass is 32.2. The fourth-order valence-electron chi connectivity index (χ4n) is 3.40. The van der Waals surface area contributed by atoms with E-state index in [4.69, 9.17) is 4.74 Å². The number of fused-ring (bicyclic) bond motifs is 1. The van der Waals surface area contributed by atoms with Crippen molar-refractivity contribution < 1.29 is 17.5 Å². The van der Waals surface area contributed by atoms with Gasteiger partial charge < -0.3 is 4.74 Å². The quantitative estimate of drug-likeness (QED) is 0.632. The summed E-state index contributed by atoms with van der Waals surface area (Å²) < 4.78 is 47.4. The Hall–Kier alpha value is -2.03. The van der Waals surface area contributed by atoms with E-state index >= 15 is 0 Å². The number of aromatic nitrogens is 1. The van der Waals surface area contributed by atoms with Gasteiger partial charge in [0.2, 0.25) is 10.0 Å². The summed E-state index contributed by atoms with van der Waals surface area (Å²) in [6.07, 6.45) is 1.06. The summed E-state index contributed by atoms with van der Waals surface area (Å²) in [5, 5.41) is 0.624. The molecule has 28 heavy (non-hydrogen) atoms. The number of halogens is 1. The molecule has 4 rings (SSSR count). The molecule has 2 heterocycles. The number of hydrogen-bond acceptors (Lipinski definition) is 5. The van der Waals surface area contributed by atoms with Crippen LogP contribution in [0, 0.1) is 19.7 Å². The van der Waals surface area contributed by atoms with Crippen LogP contribution >= 0.6 is 11.3 Å². The van der Waals surface area contributed by atoms with Crippen LogP contribution in [0.1, 0.15) is 24.0 Å². The minimum absolute atomic E-state index is 0.0102. The van der Waals surface area contributed by atoms with Crippen LogP contribution < -0.4 is 4.74 Å². The molecular formula is C20H21FN2O3S2. The van der Waals surface area contributed by atoms with Crippen molar-refractivity contribution in [2.45, 2.75) is 37.7 Å². The van der Waals surface area contributed by atoms with Gasteiger partial charge in [-0.1, -0.05) is 29.5 Å². The van der Waals surface area contributed by atoms with E-state index in [1.54, 1.807) is 0 Å². The van der Waals surface area contributed by atoms with Crippen molar-refractivity contribution in [1.29, 1.82) is 0 Å². The third kappa shape index (κ3) is 3.64. The van der Waals surface area contributed by atoms with E-state index in [0.717, 1.165) is 21.8 Å². The number of thiazole rings is 1. The van der Waals surface area contributed by atoms with Crippen LogP contribution in [0.15, 0.2) is 41.3 Å². The zero-order chi connectivity index (χ0) is 19.9. The fraction of sp³-hybridized carbons (Fsp3) is 0.350. The molecule has 0 aliphatic carbocycles. The number of ether oxygens (including phenoxy) is 1. The number of hydrogen-bond donors (Lipinski definition) is 0. The highest BCUT2D eigenvalue weighted by molar-refractivity contribution is 7.89. The van der Waals surface area contributed by atoms with Gasteiger partial charge in [-0.25, -0.2) is 17.8 Å². The van der Waals surface area contributed by atoms with E-state index in [2.05, 4.69) is 24.0 Å². The first-order valence-electron chi connectivity index (χ1n) is 9.14. The normalized spacial score (nSPS) is 16.5. The Balaban J connectivity index is 1.45. The third-order valence-corrected chi connectivity index (χ3v) is 8.00. The van der Waals surface area contributed by atoms with E-state index in [-0.39, 0.29) is 11.0 Å². The average molecular weight is 421 g/mol. The van der Waals surface area contributed by atoms with Crippen molar-refractivity contribution in [3.63, 3.8) is 0 Å². The monoisotopic (exact) mass is 420 g/mol. The van der Waals surface area contributed by atoms with Gasteiger partial charge in [-0.3, -0.25) is 0 Å². The highest BCUT2D eigenvalue weighted by Crippen LogP contribution is 2.34. The first-order valence-corrected chi connectivity index (χ1v) is 11.4. The first kappa shape index (κ1) is 19.3. The predicted octanol–water partition coefficient (Wildman–Crippen LogP) is 4.28. The van der Waals surface area contributed by atoms with Gasteiger partial charge in [-0.15, -0.1) is 0 Å². The lowest BCUT2D eigenvalue weighted by atomic mass is 10.1. The fourth-order valence-corrected chi connectivity index (χ4v) is 5.93. The summed E-state index contributed by atoms with van der Waals surface area (Å²) in [6, 6.07) is 9.26. The van der Waals surface area contributed by atoms with Gasteiger partial charge in [0.15, 0.2) is 0 Å². The second-order valence-electron chi connectivity index (χ2n) is 7.04. The van der Waals surface area contributed by atoms with Crippen LogP contribution in [0.4, 0.5) is 4.39 Å². The lowest BCUT2D eigenvalue weighted by molar-refractivity contribution is 0.135. The summed E-state index contributed by atoms with van der Waals surface area (Å²) in [5.41, 5.74) is 3.25. The Morgan fingerprint density at radius 3 is 2.54 bits per heavy atom. The number of benzene rings is 2. The lowest BCUT2D eigenvalue weighted by Gasteiger charge is -2.30. The SMILES string of the molecule is Cc1ccc(C)c2sc(OC3CCN(S(=O)(=O)c4cccc(F)c4)CC3)nc12. The summed E-state index contributed by atoms with van der Waals surface area (Å²) in [5.74, 6) is -0.555. The Kier molecular flexibility index (Phi) is 5.11. The molecule has 1 saturated heterocycles. The molecule has 0 bridgehead atoms. The smallest absolute Gasteiger partial charge is 0.274 e. The van der Waals surface area contributed by atoms with Gasteiger partial charge in [0.25, 0.3) is 5.19 Å². The molecule has 0 radical (unpaired) electrons. The van der Waals surface area contributed by atoms with Crippen molar-refractivity contribution in [2.24, 2.45) is 0 Å². The van der Waals surface area contributed by atoms with E-state index in [1.165, 1.54) is 39.4 Å². The summed E-state index contributed by atoms with van der Waals surface area (Å²) in [7, 11) is -3.69. The average Bonchev–Trinajstić information content (AvgIpc) is 3.10. The molecular weight excluding hydrogens is 399 g/mol. The summed E-state index contributed by atoms with van der Waals surface area (Å²) in [6.45, 7) is 4.76. The summed E-state index contributed by atoms with van der Waals surface area (Å²) in [4.78, 5) is 4.60. The number of rotatable bonds is 4. The lowest BCUT2D eigenvalue weighted by Crippen LogP contribution is -2.41. The van der Waals surface area contributed by atoms with Crippen molar-refractivity contribution >= 4 is 31.6 Å². The maximum absolute atomic E-state index is 13.4. The molecule has 148 valence electrons. The predicted molar refractivity (Wildman–Crippen MR) is 108 cm³/mol. The van der Waals surface area contributed by atoms with Crippen molar-refractivity contribution in [2.75, 3.05) is 13.1 Å². The molecule has 0 N–H and O–H groups in total. The molecule has 0 amide bonds. The van der Waals surface area contributed by atoms with Crippen LogP contribution in [0.3, 0.4) is 0 Å². The highest BCUT2D eigenvalue weighted by Gasteiger charge is 2.30. The maximum atomic E-state index is 13.4. The molecule has 2 aromatic carbocycles. The largest absolute Gasteiger partial charge is 0.467 e. The minimum atomic E-state index is -3.69. The summed E-state index contributed by atoms with van der Waals surface area (Å²) >= 11 is 1.53. The van der Waals surface area contributed by atoms with E-state index in [9.17, 15) is 12.8 Å². The second-order valence-corrected chi connectivity index (χ2v) is 9.94. The van der Waals surface area contributed by atoms with Crippen LogP contribution in [0.5, 0.6) is 5.19 Å². The van der Waals surface area contributed by atoms with E-state index in [0.29, 0.717) is 31.1 Å². The second kappa shape index (κ2) is 7.42. The molecule has 1 aromatic heterocycles. The third-order valence-electron chi connectivity index (χ3n) is 5.02. The zero-order valence-electron chi connectivity index (χ0n) is 15.7. The molecule has 3 aromatic rings. The molecule has 0 saturated carbocycles. The molecule has 1 fully saturated rings. The van der Waals surface area contributed by atoms with Crippen molar-refractivity contribution in [3.8, 4) is 5.19 Å². The van der Waals surface area contributed by atoms with Gasteiger partial charge in [0.1, 0.15) is 11.9 Å². The molecule has 0 atom stereocenters. The number of sulfonamides is 1. The Bertz CT molecular complexity index is 1080. The van der Waals surface area contributed by atoms with Crippen molar-refractivity contribution in [3.05, 3.63) is 53.3 Å². The van der Waals surface area contributed by atoms with Gasteiger partial charge in [-0.2, -0.15) is 4.31 Å². The molecule has 1 aliphatic heterocycles. The molecule has 0 unspecified atom stereocenters. The first-order chi connectivity index (χ1) is 13.3. The van der Waals surface area contributed by atoms with Crippen LogP contribution in [-0.4, -0.2) is 36.9 Å². The van der Waals surface area contributed by atoms with E-state index < -0.39 is 15.8 Å². The maximum Gasteiger partial charge on any atom is 0.274 e. The molecule has 5 nitrogen and oxygen atoms in total. The van der Waals surface area contributed by atoms with Crippen LogP contribution in [-0.2, 0) is 10.0 Å². The van der Waals surface area contributed by atoms with Gasteiger partial charge in [0, 0.05) is 13.1 Å². The van der Waals surface area contributed by atoms with Crippen LogP contribution in [0.2, 0.25) is 0 Å². The van der Waals surface area contributed by atoms with Gasteiger partial charge in [0.05, 0.1) is 15.1 Å². The van der Waals surface area contributed by atoms with Gasteiger partial charge >= 0.3 is 0 Å². The van der Waals surface area contributed by atoms with Gasteiger partial charge in [-0.05, 0) is 56.0 Å². The Labute approximate surface area is 167 Å². The molecule has 8 heteroatoms. The molecule has 0 spiro atoms. The Morgan fingerprint density at radius 1 is 1.14 bits per heavy atom. The van der Waals surface area contributed by atoms with E-state index in [1.807, 2.05) is 6.92 Å². The topological polar surface area (TPSA) is 59.5 Å². The molecule has 1 aliphatic rings.